The topological polar surface area (TPSA) is 82.1 Å². The van der Waals surface area contributed by atoms with E-state index in [9.17, 15) is 14.7 Å². The first-order valence-electron chi connectivity index (χ1n) is 10.0. The van der Waals surface area contributed by atoms with Crippen LogP contribution in [0.15, 0.2) is 12.2 Å². The number of ketones is 1. The van der Waals surface area contributed by atoms with Crippen LogP contribution >= 0.6 is 0 Å². The summed E-state index contributed by atoms with van der Waals surface area (Å²) in [4.78, 5) is 26.3. The van der Waals surface area contributed by atoms with Crippen molar-refractivity contribution in [3.8, 4) is 0 Å². The van der Waals surface area contributed by atoms with E-state index in [2.05, 4.69) is 13.5 Å². The number of esters is 1. The van der Waals surface area contributed by atoms with Crippen molar-refractivity contribution in [2.75, 3.05) is 20.3 Å². The molecule has 2 aliphatic heterocycles. The van der Waals surface area contributed by atoms with Gasteiger partial charge in [0.2, 0.25) is 0 Å². The molecule has 3 aliphatic carbocycles. The number of aliphatic hydroxyl groups is 1. The minimum Gasteiger partial charge on any atom is -0.464 e. The molecule has 0 amide bonds. The van der Waals surface area contributed by atoms with Crippen molar-refractivity contribution in [1.29, 1.82) is 0 Å². The van der Waals surface area contributed by atoms with Gasteiger partial charge in [-0.25, -0.2) is 0 Å². The molecule has 0 unspecified atom stereocenters. The molecule has 3 saturated carbocycles. The van der Waals surface area contributed by atoms with Crippen LogP contribution in [-0.2, 0) is 23.8 Å². The summed E-state index contributed by atoms with van der Waals surface area (Å²) in [6, 6.07) is 0. The highest BCUT2D eigenvalue weighted by atomic mass is 16.7. The number of hydrogen-bond acceptors (Lipinski definition) is 6. The number of fused-ring (bicyclic) bond motifs is 4. The first-order valence-corrected chi connectivity index (χ1v) is 10.0. The van der Waals surface area contributed by atoms with Gasteiger partial charge in [0.15, 0.2) is 12.1 Å². The zero-order chi connectivity index (χ0) is 19.2. The van der Waals surface area contributed by atoms with E-state index in [0.717, 1.165) is 19.3 Å². The Morgan fingerprint density at radius 2 is 2.00 bits per heavy atom. The maximum atomic E-state index is 13.3. The minimum atomic E-state index is -1.28. The molecule has 8 atom stereocenters. The van der Waals surface area contributed by atoms with Crippen LogP contribution in [0.5, 0.6) is 0 Å². The number of hydrogen-bond donors (Lipinski definition) is 1. The number of allylic oxidation sites excluding steroid dienone is 1. The lowest BCUT2D eigenvalue weighted by Crippen LogP contribution is -2.67. The van der Waals surface area contributed by atoms with Crippen LogP contribution in [0.3, 0.4) is 0 Å². The monoisotopic (exact) mass is 376 g/mol. The van der Waals surface area contributed by atoms with Crippen LogP contribution in [0.4, 0.5) is 0 Å². The van der Waals surface area contributed by atoms with Gasteiger partial charge in [-0.15, -0.1) is 0 Å². The molecule has 5 rings (SSSR count). The lowest BCUT2D eigenvalue weighted by atomic mass is 9.44. The molecule has 0 aromatic carbocycles. The normalized spacial score (nSPS) is 54.0. The molecule has 27 heavy (non-hydrogen) atoms. The Hall–Kier alpha value is -1.24. The quantitative estimate of drug-likeness (QED) is 0.427. The van der Waals surface area contributed by atoms with Gasteiger partial charge in [0, 0.05) is 24.4 Å². The standard InChI is InChI=1S/C21H28O6/c1-11-12-7-13(22)14-20(10-27-18(24)21(14,8-12)16(11)23)6-4-5-19(2)9-26-17(25-3)15(19)20/h12-15,17,22H,1,4-10H2,2-3H3/t12-,13-,14+,15-,17-,19+,20-,21+/m1/s1. The van der Waals surface area contributed by atoms with E-state index in [4.69, 9.17) is 14.2 Å². The van der Waals surface area contributed by atoms with E-state index in [0.29, 0.717) is 25.0 Å². The molecule has 6 nitrogen and oxygen atoms in total. The summed E-state index contributed by atoms with van der Waals surface area (Å²) >= 11 is 0. The number of aliphatic hydroxyl groups excluding tert-OH is 1. The van der Waals surface area contributed by atoms with Gasteiger partial charge >= 0.3 is 5.97 Å². The van der Waals surface area contributed by atoms with E-state index < -0.39 is 35.1 Å². The highest BCUT2D eigenvalue weighted by molar-refractivity contribution is 6.15. The maximum absolute atomic E-state index is 13.3. The number of carbonyl (C=O) groups is 2. The van der Waals surface area contributed by atoms with E-state index in [1.165, 1.54) is 0 Å². The Balaban J connectivity index is 1.70. The van der Waals surface area contributed by atoms with Gasteiger partial charge in [0.25, 0.3) is 0 Å². The molecular formula is C21H28O6. The first kappa shape index (κ1) is 17.8. The molecule has 0 radical (unpaired) electrons. The Morgan fingerprint density at radius 3 is 2.74 bits per heavy atom. The fourth-order valence-electron chi connectivity index (χ4n) is 7.59. The van der Waals surface area contributed by atoms with Crippen LogP contribution in [0.2, 0.25) is 0 Å². The number of ether oxygens (including phenoxy) is 3. The molecule has 2 bridgehead atoms. The predicted octanol–water partition coefficient (Wildman–Crippen LogP) is 1.85. The summed E-state index contributed by atoms with van der Waals surface area (Å²) in [5.74, 6) is -1.28. The second-order valence-electron chi connectivity index (χ2n) is 9.72. The van der Waals surface area contributed by atoms with Crippen molar-refractivity contribution in [2.24, 2.45) is 34.0 Å². The lowest BCUT2D eigenvalue weighted by molar-refractivity contribution is -0.244. The molecule has 1 N–H and O–H groups in total. The van der Waals surface area contributed by atoms with Gasteiger partial charge < -0.3 is 19.3 Å². The smallest absolute Gasteiger partial charge is 0.320 e. The Bertz CT molecular complexity index is 732. The fraction of sp³-hybridized carbons (Fsp3) is 0.810. The summed E-state index contributed by atoms with van der Waals surface area (Å²) in [5, 5.41) is 11.2. The van der Waals surface area contributed by atoms with Crippen molar-refractivity contribution in [1.82, 2.24) is 0 Å². The number of rotatable bonds is 1. The third-order valence-electron chi connectivity index (χ3n) is 8.50. The third kappa shape index (κ3) is 1.92. The molecule has 5 aliphatic rings. The Kier molecular flexibility index (Phi) is 3.58. The van der Waals surface area contributed by atoms with Crippen molar-refractivity contribution in [3.63, 3.8) is 0 Å². The van der Waals surface area contributed by atoms with Crippen LogP contribution in [-0.4, -0.2) is 49.6 Å². The van der Waals surface area contributed by atoms with E-state index in [1.807, 2.05) is 0 Å². The zero-order valence-electron chi connectivity index (χ0n) is 16.0. The summed E-state index contributed by atoms with van der Waals surface area (Å²) < 4.78 is 17.4. The summed E-state index contributed by atoms with van der Waals surface area (Å²) in [5.41, 5.74) is -1.42. The average molecular weight is 376 g/mol. The first-order chi connectivity index (χ1) is 12.8. The number of cyclic esters (lactones) is 1. The van der Waals surface area contributed by atoms with Crippen molar-refractivity contribution < 1.29 is 28.9 Å². The van der Waals surface area contributed by atoms with Gasteiger partial charge in [0.1, 0.15) is 5.41 Å². The van der Waals surface area contributed by atoms with Crippen molar-refractivity contribution in [3.05, 3.63) is 12.2 Å². The second kappa shape index (κ2) is 5.43. The molecule has 2 saturated heterocycles. The molecule has 2 spiro atoms. The average Bonchev–Trinajstić information content (AvgIpc) is 3.09. The van der Waals surface area contributed by atoms with Crippen molar-refractivity contribution in [2.45, 2.75) is 51.4 Å². The number of methoxy groups -OCH3 is 1. The van der Waals surface area contributed by atoms with Crippen LogP contribution in [0.25, 0.3) is 0 Å². The molecular weight excluding hydrogens is 348 g/mol. The van der Waals surface area contributed by atoms with Crippen molar-refractivity contribution >= 4 is 11.8 Å². The van der Waals surface area contributed by atoms with Crippen LogP contribution in [0.1, 0.15) is 39.0 Å². The van der Waals surface area contributed by atoms with Gasteiger partial charge in [0.05, 0.1) is 19.3 Å². The highest BCUT2D eigenvalue weighted by Gasteiger charge is 2.76. The minimum absolute atomic E-state index is 0.0217. The van der Waals surface area contributed by atoms with Crippen LogP contribution in [0, 0.1) is 34.0 Å². The lowest BCUT2D eigenvalue weighted by Gasteiger charge is -2.61. The molecule has 148 valence electrons. The molecule has 5 fully saturated rings. The summed E-state index contributed by atoms with van der Waals surface area (Å²) in [6.07, 6.45) is 2.56. The maximum Gasteiger partial charge on any atom is 0.320 e. The predicted molar refractivity (Wildman–Crippen MR) is 94.4 cm³/mol. The van der Waals surface area contributed by atoms with E-state index >= 15 is 0 Å². The third-order valence-corrected chi connectivity index (χ3v) is 8.50. The van der Waals surface area contributed by atoms with Gasteiger partial charge in [-0.1, -0.05) is 19.9 Å². The molecule has 0 aromatic heterocycles. The fourth-order valence-corrected chi connectivity index (χ4v) is 7.59. The second-order valence-corrected chi connectivity index (χ2v) is 9.72. The van der Waals surface area contributed by atoms with E-state index in [-0.39, 0.29) is 29.6 Å². The highest BCUT2D eigenvalue weighted by Crippen LogP contribution is 2.69. The SMILES string of the molecule is C=C1C(=O)[C@]23C[C@H]1C[C@@H](O)[C@H]2[C@@]1(CCC[C@@]2(C)CO[C@@H](OC)[C@H]21)COC3=O. The van der Waals surface area contributed by atoms with Gasteiger partial charge in [-0.2, -0.15) is 0 Å². The summed E-state index contributed by atoms with van der Waals surface area (Å²) in [6.45, 7) is 6.98. The van der Waals surface area contributed by atoms with Crippen LogP contribution < -0.4 is 0 Å². The zero-order valence-corrected chi connectivity index (χ0v) is 16.0. The van der Waals surface area contributed by atoms with E-state index in [1.54, 1.807) is 7.11 Å². The Morgan fingerprint density at radius 1 is 1.22 bits per heavy atom. The number of carbonyl (C=O) groups excluding carboxylic acids is 2. The van der Waals surface area contributed by atoms with Gasteiger partial charge in [-0.3, -0.25) is 9.59 Å². The molecule has 6 heteroatoms. The number of Topliss-reactive ketones (excluding diaryl/α,β-unsaturated/α-hetero) is 1. The largest absolute Gasteiger partial charge is 0.464 e. The molecule has 0 aromatic rings. The Labute approximate surface area is 159 Å². The molecule has 2 heterocycles. The van der Waals surface area contributed by atoms with Gasteiger partial charge in [-0.05, 0) is 42.6 Å². The summed E-state index contributed by atoms with van der Waals surface area (Å²) in [7, 11) is 1.64.